The monoisotopic (exact) mass is 537 g/mol. The Morgan fingerprint density at radius 3 is 2.47 bits per heavy atom. The topological polar surface area (TPSA) is 141 Å². The van der Waals surface area contributed by atoms with Gasteiger partial charge in [-0.1, -0.05) is 48.0 Å². The molecule has 2 aromatic carbocycles. The molecule has 2 amide bonds. The molecule has 0 radical (unpaired) electrons. The number of hydroxylamine groups is 1. The van der Waals surface area contributed by atoms with E-state index in [1.54, 1.807) is 23.1 Å². The molecule has 200 valence electrons. The van der Waals surface area contributed by atoms with Gasteiger partial charge in [-0.2, -0.15) is 9.98 Å². The zero-order valence-electron chi connectivity index (χ0n) is 21.1. The van der Waals surface area contributed by atoms with Crippen LogP contribution in [0, 0.1) is 18.3 Å². The Bertz CT molecular complexity index is 1330. The first-order valence-electron chi connectivity index (χ1n) is 12.5. The molecule has 2 aliphatic rings. The first kappa shape index (κ1) is 27.3. The second-order valence-corrected chi connectivity index (χ2v) is 11.2. The largest absolute Gasteiger partial charge is 0.350 e. The average Bonchev–Trinajstić information content (AvgIpc) is 3.32. The van der Waals surface area contributed by atoms with Crippen molar-refractivity contribution in [1.82, 2.24) is 20.4 Å². The van der Waals surface area contributed by atoms with Gasteiger partial charge < -0.3 is 10.2 Å². The Labute approximate surface area is 222 Å². The highest BCUT2D eigenvalue weighted by Gasteiger charge is 2.42. The summed E-state index contributed by atoms with van der Waals surface area (Å²) in [4.78, 5) is 33.4. The van der Waals surface area contributed by atoms with Gasteiger partial charge in [0.25, 0.3) is 5.91 Å². The molecule has 0 aromatic heterocycles. The second kappa shape index (κ2) is 11.8. The maximum atomic E-state index is 13.6. The van der Waals surface area contributed by atoms with Crippen LogP contribution in [0.2, 0.25) is 0 Å². The molecule has 1 unspecified atom stereocenters. The second-order valence-electron chi connectivity index (χ2n) is 9.49. The van der Waals surface area contributed by atoms with E-state index in [0.29, 0.717) is 25.9 Å². The molecule has 1 saturated heterocycles. The number of likely N-dealkylation sites (tertiary alicyclic amines) is 1. The lowest BCUT2D eigenvalue weighted by Gasteiger charge is -2.38. The molecule has 2 heterocycles. The summed E-state index contributed by atoms with van der Waals surface area (Å²) < 4.78 is 28.9. The van der Waals surface area contributed by atoms with Crippen molar-refractivity contribution in [2.45, 2.75) is 49.1 Å². The number of nitrogens with one attached hydrogen (secondary N) is 3. The summed E-state index contributed by atoms with van der Waals surface area (Å²) in [6.07, 6.45) is 3.00. The lowest BCUT2D eigenvalue weighted by molar-refractivity contribution is -0.139. The number of piperidine rings is 1. The van der Waals surface area contributed by atoms with Gasteiger partial charge in [0.1, 0.15) is 17.3 Å². The van der Waals surface area contributed by atoms with Crippen molar-refractivity contribution >= 4 is 21.8 Å². The van der Waals surface area contributed by atoms with Crippen molar-refractivity contribution in [1.29, 1.82) is 5.26 Å². The zero-order chi connectivity index (χ0) is 27.2. The van der Waals surface area contributed by atoms with Gasteiger partial charge in [-0.3, -0.25) is 19.9 Å². The fourth-order valence-corrected chi connectivity index (χ4v) is 5.68. The fraction of sp³-hybridized carbons (Fsp3) is 0.370. The number of nitriles is 1. The minimum atomic E-state index is -3.93. The molecule has 1 spiro atoms. The van der Waals surface area contributed by atoms with E-state index >= 15 is 0 Å². The van der Waals surface area contributed by atoms with E-state index in [1.807, 2.05) is 43.3 Å². The Hall–Kier alpha value is -3.72. The van der Waals surface area contributed by atoms with E-state index in [0.717, 1.165) is 11.1 Å². The van der Waals surface area contributed by atoms with Gasteiger partial charge in [-0.25, -0.2) is 8.42 Å². The fourth-order valence-electron chi connectivity index (χ4n) is 4.49. The van der Waals surface area contributed by atoms with Crippen LogP contribution in [0.15, 0.2) is 71.3 Å². The predicted octanol–water partition coefficient (Wildman–Crippen LogP) is 1.69. The predicted molar refractivity (Wildman–Crippen MR) is 140 cm³/mol. The van der Waals surface area contributed by atoms with E-state index in [9.17, 15) is 18.0 Å². The van der Waals surface area contributed by atoms with Crippen molar-refractivity contribution in [2.75, 3.05) is 19.6 Å². The van der Waals surface area contributed by atoms with Crippen LogP contribution >= 0.6 is 0 Å². The van der Waals surface area contributed by atoms with Crippen LogP contribution in [0.4, 0.5) is 0 Å². The van der Waals surface area contributed by atoms with Gasteiger partial charge in [0.05, 0.1) is 17.4 Å². The van der Waals surface area contributed by atoms with Crippen LogP contribution in [0.3, 0.4) is 0 Å². The Kier molecular flexibility index (Phi) is 8.46. The normalized spacial score (nSPS) is 17.3. The molecule has 1 atom stereocenters. The molecule has 2 aromatic rings. The van der Waals surface area contributed by atoms with Crippen LogP contribution in [-0.2, 0) is 30.9 Å². The molecule has 10 nitrogen and oxygen atoms in total. The maximum Gasteiger partial charge on any atom is 0.269 e. The SMILES string of the molecule is Cc1ccc(S(=O)(=O)NC(Cc2ccccc2)C(=O)N2CCC3(C=C(C(=O)NCCC#N)NO3)CC2)cc1. The molecule has 1 fully saturated rings. The van der Waals surface area contributed by atoms with Crippen molar-refractivity contribution in [3.8, 4) is 6.07 Å². The number of aryl methyl sites for hydroxylation is 1. The molecule has 0 aliphatic carbocycles. The number of amides is 2. The molecule has 11 heteroatoms. The average molecular weight is 538 g/mol. The molecule has 4 rings (SSSR count). The summed E-state index contributed by atoms with van der Waals surface area (Å²) in [7, 11) is -3.93. The maximum absolute atomic E-state index is 13.6. The van der Waals surface area contributed by atoms with Crippen LogP contribution in [0.25, 0.3) is 0 Å². The third-order valence-electron chi connectivity index (χ3n) is 6.67. The summed E-state index contributed by atoms with van der Waals surface area (Å²) >= 11 is 0. The lowest BCUT2D eigenvalue weighted by Crippen LogP contribution is -2.54. The van der Waals surface area contributed by atoms with Crippen LogP contribution in [0.1, 0.15) is 30.4 Å². The summed E-state index contributed by atoms with van der Waals surface area (Å²) in [5.74, 6) is -0.673. The summed E-state index contributed by atoms with van der Waals surface area (Å²) in [6.45, 7) is 2.78. The van der Waals surface area contributed by atoms with Gasteiger partial charge >= 0.3 is 0 Å². The highest BCUT2D eigenvalue weighted by molar-refractivity contribution is 7.89. The smallest absolute Gasteiger partial charge is 0.269 e. The van der Waals surface area contributed by atoms with E-state index < -0.39 is 21.7 Å². The summed E-state index contributed by atoms with van der Waals surface area (Å²) in [5.41, 5.74) is 3.97. The van der Waals surface area contributed by atoms with Gasteiger partial charge in [-0.05, 0) is 37.1 Å². The number of rotatable bonds is 9. The van der Waals surface area contributed by atoms with Crippen LogP contribution in [-0.4, -0.2) is 56.4 Å². The van der Waals surface area contributed by atoms with E-state index in [4.69, 9.17) is 10.1 Å². The number of sulfonamides is 1. The first-order valence-corrected chi connectivity index (χ1v) is 13.9. The number of benzene rings is 2. The number of hydrogen-bond acceptors (Lipinski definition) is 7. The first-order chi connectivity index (χ1) is 18.2. The lowest BCUT2D eigenvalue weighted by atomic mass is 9.90. The van der Waals surface area contributed by atoms with Crippen LogP contribution < -0.4 is 15.5 Å². The molecular weight excluding hydrogens is 506 g/mol. The molecule has 2 aliphatic heterocycles. The van der Waals surface area contributed by atoms with Crippen LogP contribution in [0.5, 0.6) is 0 Å². The molecule has 0 bridgehead atoms. The minimum Gasteiger partial charge on any atom is -0.350 e. The number of hydrogen-bond donors (Lipinski definition) is 3. The minimum absolute atomic E-state index is 0.0997. The summed E-state index contributed by atoms with van der Waals surface area (Å²) in [6, 6.07) is 16.7. The Balaban J connectivity index is 1.45. The van der Waals surface area contributed by atoms with Crippen molar-refractivity contribution in [3.05, 3.63) is 77.5 Å². The van der Waals surface area contributed by atoms with E-state index in [2.05, 4.69) is 15.5 Å². The van der Waals surface area contributed by atoms with Gasteiger partial charge in [0, 0.05) is 32.5 Å². The number of nitrogens with zero attached hydrogens (tertiary/aromatic N) is 2. The summed E-state index contributed by atoms with van der Waals surface area (Å²) in [5, 5.41) is 11.3. The number of carbonyl (C=O) groups excluding carboxylic acids is 2. The van der Waals surface area contributed by atoms with Gasteiger partial charge in [-0.15, -0.1) is 0 Å². The van der Waals surface area contributed by atoms with Crippen molar-refractivity contribution in [2.24, 2.45) is 0 Å². The van der Waals surface area contributed by atoms with Crippen molar-refractivity contribution < 1.29 is 22.8 Å². The van der Waals surface area contributed by atoms with Gasteiger partial charge in [0.15, 0.2) is 0 Å². The molecule has 38 heavy (non-hydrogen) atoms. The zero-order valence-corrected chi connectivity index (χ0v) is 22.0. The molecule has 0 saturated carbocycles. The standard InChI is InChI=1S/C27H31N5O5S/c1-20-8-10-22(11-9-20)38(35,36)31-23(18-21-6-3-2-4-7-21)26(34)32-16-12-27(13-17-32)19-24(30-37-27)25(33)29-15-5-14-28/h2-4,6-11,19,23,30-31H,5,12-13,15-18H2,1H3,(H,29,33). The third kappa shape index (κ3) is 6.58. The van der Waals surface area contributed by atoms with E-state index in [1.165, 1.54) is 12.1 Å². The van der Waals surface area contributed by atoms with E-state index in [-0.39, 0.29) is 41.8 Å². The quantitative estimate of drug-likeness (QED) is 0.414. The highest BCUT2D eigenvalue weighted by Crippen LogP contribution is 2.32. The highest BCUT2D eigenvalue weighted by atomic mass is 32.2. The van der Waals surface area contributed by atoms with Gasteiger partial charge in [0.2, 0.25) is 15.9 Å². The number of carbonyl (C=O) groups is 2. The molecule has 3 N–H and O–H groups in total. The Morgan fingerprint density at radius 2 is 1.82 bits per heavy atom. The van der Waals surface area contributed by atoms with Crippen molar-refractivity contribution in [3.63, 3.8) is 0 Å². The molecular formula is C27H31N5O5S. The Morgan fingerprint density at radius 1 is 1.13 bits per heavy atom. The third-order valence-corrected chi connectivity index (χ3v) is 8.16.